The third-order valence-corrected chi connectivity index (χ3v) is 3.43. The molecule has 116 valence electrons. The van der Waals surface area contributed by atoms with Gasteiger partial charge in [-0.1, -0.05) is 35.2 Å². The summed E-state index contributed by atoms with van der Waals surface area (Å²) >= 11 is 3.48. The topological polar surface area (TPSA) is 30.5 Å². The maximum atomic E-state index is 5.54. The zero-order chi connectivity index (χ0) is 15.3. The number of halogens is 1. The molecule has 1 aromatic carbocycles. The Balaban J connectivity index is 2.27. The third-order valence-electron chi connectivity index (χ3n) is 2.93. The van der Waals surface area contributed by atoms with E-state index in [1.165, 1.54) is 6.42 Å². The van der Waals surface area contributed by atoms with Gasteiger partial charge in [-0.05, 0) is 37.6 Å². The monoisotopic (exact) mass is 353 g/mol. The van der Waals surface area contributed by atoms with E-state index in [1.54, 1.807) is 0 Å². The Bertz CT molecular complexity index is 443. The van der Waals surface area contributed by atoms with Crippen molar-refractivity contribution in [1.29, 1.82) is 0 Å². The van der Waals surface area contributed by atoms with Crippen LogP contribution in [0.2, 0.25) is 0 Å². The van der Waals surface area contributed by atoms with Crippen LogP contribution in [0.3, 0.4) is 0 Å². The van der Waals surface area contributed by atoms with Crippen molar-refractivity contribution in [1.82, 2.24) is 5.32 Å². The number of hydrogen-bond donors (Lipinski definition) is 1. The van der Waals surface area contributed by atoms with Gasteiger partial charge in [-0.3, -0.25) is 0 Å². The van der Waals surface area contributed by atoms with E-state index in [0.717, 1.165) is 54.9 Å². The maximum Gasteiger partial charge on any atom is 0.148 e. The normalized spacial score (nSPS) is 10.3. The van der Waals surface area contributed by atoms with Crippen LogP contribution in [-0.2, 0) is 11.3 Å². The van der Waals surface area contributed by atoms with Crippen molar-refractivity contribution in [3.8, 4) is 18.1 Å². The van der Waals surface area contributed by atoms with Gasteiger partial charge in [-0.15, -0.1) is 6.42 Å². The van der Waals surface area contributed by atoms with Crippen LogP contribution in [0.4, 0.5) is 0 Å². The number of unbranched alkanes of at least 4 members (excludes halogenated alkanes) is 1. The molecule has 0 bridgehead atoms. The number of benzene rings is 1. The largest absolute Gasteiger partial charge is 0.481 e. The molecular formula is C17H24BrNO2. The van der Waals surface area contributed by atoms with E-state index >= 15 is 0 Å². The Morgan fingerprint density at radius 1 is 1.29 bits per heavy atom. The van der Waals surface area contributed by atoms with Crippen LogP contribution in [0.15, 0.2) is 22.7 Å². The predicted molar refractivity (Wildman–Crippen MR) is 90.5 cm³/mol. The van der Waals surface area contributed by atoms with E-state index < -0.39 is 0 Å². The first-order valence-corrected chi connectivity index (χ1v) is 8.20. The zero-order valence-corrected chi connectivity index (χ0v) is 14.2. The molecule has 0 saturated heterocycles. The summed E-state index contributed by atoms with van der Waals surface area (Å²) in [5.41, 5.74) is 1.10. The minimum atomic E-state index is 0.292. The SMILES string of the molecule is C#CCOc1ccc(Br)cc1CNCCCOCCCC. The zero-order valence-electron chi connectivity index (χ0n) is 12.7. The van der Waals surface area contributed by atoms with Crippen LogP contribution >= 0.6 is 15.9 Å². The minimum Gasteiger partial charge on any atom is -0.481 e. The molecule has 1 aromatic rings. The van der Waals surface area contributed by atoms with Crippen LogP contribution in [0.25, 0.3) is 0 Å². The minimum absolute atomic E-state index is 0.292. The first-order valence-electron chi connectivity index (χ1n) is 7.41. The molecule has 21 heavy (non-hydrogen) atoms. The van der Waals surface area contributed by atoms with Crippen molar-refractivity contribution in [3.63, 3.8) is 0 Å². The standard InChI is InChI=1S/C17H24BrNO2/c1-3-5-11-20-12-6-9-19-14-15-13-16(18)7-8-17(15)21-10-4-2/h2,7-8,13,19H,3,5-6,9-12,14H2,1H3. The van der Waals surface area contributed by atoms with E-state index in [2.05, 4.69) is 40.2 Å². The highest BCUT2D eigenvalue weighted by atomic mass is 79.9. The number of terminal acetylenes is 1. The van der Waals surface area contributed by atoms with Gasteiger partial charge in [-0.25, -0.2) is 0 Å². The summed E-state index contributed by atoms with van der Waals surface area (Å²) in [5, 5.41) is 3.40. The predicted octanol–water partition coefficient (Wildman–Crippen LogP) is 3.76. The van der Waals surface area contributed by atoms with Crippen LogP contribution < -0.4 is 10.1 Å². The van der Waals surface area contributed by atoms with Crippen molar-refractivity contribution in [3.05, 3.63) is 28.2 Å². The lowest BCUT2D eigenvalue weighted by molar-refractivity contribution is 0.128. The van der Waals surface area contributed by atoms with Gasteiger partial charge in [0, 0.05) is 29.8 Å². The molecule has 0 atom stereocenters. The van der Waals surface area contributed by atoms with Gasteiger partial charge in [-0.2, -0.15) is 0 Å². The molecule has 0 saturated carbocycles. The maximum absolute atomic E-state index is 5.54. The highest BCUT2D eigenvalue weighted by Gasteiger charge is 2.04. The average Bonchev–Trinajstić information content (AvgIpc) is 2.49. The number of rotatable bonds is 11. The number of ether oxygens (including phenoxy) is 2. The lowest BCUT2D eigenvalue weighted by Gasteiger charge is -2.11. The Hall–Kier alpha value is -1.02. The Morgan fingerprint density at radius 2 is 2.10 bits per heavy atom. The van der Waals surface area contributed by atoms with Crippen LogP contribution in [0.5, 0.6) is 5.75 Å². The van der Waals surface area contributed by atoms with Crippen molar-refractivity contribution >= 4 is 15.9 Å². The van der Waals surface area contributed by atoms with E-state index in [-0.39, 0.29) is 0 Å². The summed E-state index contributed by atoms with van der Waals surface area (Å²) in [6.45, 7) is 5.82. The summed E-state index contributed by atoms with van der Waals surface area (Å²) in [7, 11) is 0. The van der Waals surface area contributed by atoms with Crippen molar-refractivity contribution in [2.45, 2.75) is 32.7 Å². The van der Waals surface area contributed by atoms with Gasteiger partial charge in [0.2, 0.25) is 0 Å². The first kappa shape index (κ1) is 18.0. The first-order chi connectivity index (χ1) is 10.3. The molecule has 0 aliphatic heterocycles. The van der Waals surface area contributed by atoms with Crippen LogP contribution in [-0.4, -0.2) is 26.4 Å². The Morgan fingerprint density at radius 3 is 2.86 bits per heavy atom. The molecule has 0 amide bonds. The molecule has 0 radical (unpaired) electrons. The lowest BCUT2D eigenvalue weighted by Crippen LogP contribution is -2.17. The summed E-state index contributed by atoms with van der Waals surface area (Å²) < 4.78 is 12.1. The highest BCUT2D eigenvalue weighted by Crippen LogP contribution is 2.23. The Labute approximate surface area is 136 Å². The van der Waals surface area contributed by atoms with E-state index in [1.807, 2.05) is 12.1 Å². The molecule has 1 rings (SSSR count). The smallest absolute Gasteiger partial charge is 0.148 e. The van der Waals surface area contributed by atoms with Gasteiger partial charge < -0.3 is 14.8 Å². The van der Waals surface area contributed by atoms with Crippen molar-refractivity contribution < 1.29 is 9.47 Å². The fraction of sp³-hybridized carbons (Fsp3) is 0.529. The third kappa shape index (κ3) is 8.11. The van der Waals surface area contributed by atoms with Gasteiger partial charge in [0.1, 0.15) is 12.4 Å². The number of hydrogen-bond acceptors (Lipinski definition) is 3. The highest BCUT2D eigenvalue weighted by molar-refractivity contribution is 9.10. The van der Waals surface area contributed by atoms with Gasteiger partial charge >= 0.3 is 0 Å². The second-order valence-corrected chi connectivity index (χ2v) is 5.66. The van der Waals surface area contributed by atoms with E-state index in [9.17, 15) is 0 Å². The molecule has 4 heteroatoms. The molecule has 0 aliphatic carbocycles. The van der Waals surface area contributed by atoms with Gasteiger partial charge in [0.05, 0.1) is 0 Å². The van der Waals surface area contributed by atoms with Gasteiger partial charge in [0.25, 0.3) is 0 Å². The average molecular weight is 354 g/mol. The molecular weight excluding hydrogens is 330 g/mol. The number of nitrogens with one attached hydrogen (secondary N) is 1. The quantitative estimate of drug-likeness (QED) is 0.485. The second-order valence-electron chi connectivity index (χ2n) is 4.74. The van der Waals surface area contributed by atoms with Crippen LogP contribution in [0, 0.1) is 12.3 Å². The van der Waals surface area contributed by atoms with Crippen molar-refractivity contribution in [2.24, 2.45) is 0 Å². The fourth-order valence-corrected chi connectivity index (χ4v) is 2.23. The molecule has 0 aliphatic rings. The molecule has 0 fully saturated rings. The van der Waals surface area contributed by atoms with Gasteiger partial charge in [0.15, 0.2) is 0 Å². The molecule has 0 unspecified atom stereocenters. The fourth-order valence-electron chi connectivity index (χ4n) is 1.82. The second kappa shape index (κ2) is 11.6. The molecule has 3 nitrogen and oxygen atoms in total. The van der Waals surface area contributed by atoms with Crippen molar-refractivity contribution in [2.75, 3.05) is 26.4 Å². The molecule has 0 heterocycles. The van der Waals surface area contributed by atoms with Crippen LogP contribution in [0.1, 0.15) is 31.7 Å². The summed E-state index contributed by atoms with van der Waals surface area (Å²) in [6, 6.07) is 5.94. The summed E-state index contributed by atoms with van der Waals surface area (Å²) in [5.74, 6) is 3.32. The molecule has 1 N–H and O–H groups in total. The summed E-state index contributed by atoms with van der Waals surface area (Å²) in [6.07, 6.45) is 8.57. The lowest BCUT2D eigenvalue weighted by atomic mass is 10.2. The molecule has 0 spiro atoms. The molecule has 0 aromatic heterocycles. The summed E-state index contributed by atoms with van der Waals surface area (Å²) in [4.78, 5) is 0. The van der Waals surface area contributed by atoms with E-state index in [4.69, 9.17) is 15.9 Å². The Kier molecular flexibility index (Phi) is 9.98. The van der Waals surface area contributed by atoms with E-state index in [0.29, 0.717) is 6.61 Å².